The number of benzene rings is 1. The van der Waals surface area contributed by atoms with Crippen molar-refractivity contribution >= 4 is 29.3 Å². The molecule has 138 valence electrons. The predicted octanol–water partition coefficient (Wildman–Crippen LogP) is 2.78. The van der Waals surface area contributed by atoms with Gasteiger partial charge in [-0.3, -0.25) is 9.59 Å². The van der Waals surface area contributed by atoms with Gasteiger partial charge >= 0.3 is 0 Å². The maximum Gasteiger partial charge on any atom is 0.259 e. The number of ether oxygens (including phenoxy) is 2. The Bertz CT molecular complexity index is 785. The van der Waals surface area contributed by atoms with Gasteiger partial charge in [-0.2, -0.15) is 11.8 Å². The first-order chi connectivity index (χ1) is 12.6. The van der Waals surface area contributed by atoms with Gasteiger partial charge in [-0.1, -0.05) is 0 Å². The van der Waals surface area contributed by atoms with Crippen LogP contribution in [-0.4, -0.2) is 43.6 Å². The minimum Gasteiger partial charge on any atom is -0.493 e. The molecular formula is C18H20N2O5S. The number of anilines is 1. The quantitative estimate of drug-likeness (QED) is 0.806. The molecule has 1 aliphatic heterocycles. The van der Waals surface area contributed by atoms with Crippen LogP contribution in [0.25, 0.3) is 0 Å². The average molecular weight is 376 g/mol. The Hall–Kier alpha value is -2.61. The Labute approximate surface area is 155 Å². The maximum atomic E-state index is 12.6. The van der Waals surface area contributed by atoms with Crippen molar-refractivity contribution in [1.82, 2.24) is 5.32 Å². The number of furan rings is 1. The summed E-state index contributed by atoms with van der Waals surface area (Å²) in [5.41, 5.74) is 1.11. The summed E-state index contributed by atoms with van der Waals surface area (Å²) in [7, 11) is 2.95. The van der Waals surface area contributed by atoms with Crippen LogP contribution in [-0.2, 0) is 0 Å². The zero-order chi connectivity index (χ0) is 18.5. The second-order valence-electron chi connectivity index (χ2n) is 5.76. The molecule has 0 aliphatic carbocycles. The number of hydrogen-bond acceptors (Lipinski definition) is 6. The maximum absolute atomic E-state index is 12.6. The number of amides is 2. The van der Waals surface area contributed by atoms with Gasteiger partial charge in [0, 0.05) is 17.4 Å². The van der Waals surface area contributed by atoms with Gasteiger partial charge in [0.1, 0.15) is 6.26 Å². The highest BCUT2D eigenvalue weighted by Crippen LogP contribution is 2.37. The molecule has 0 saturated carbocycles. The van der Waals surface area contributed by atoms with Crippen LogP contribution in [0.4, 0.5) is 5.69 Å². The van der Waals surface area contributed by atoms with Crippen molar-refractivity contribution in [2.45, 2.75) is 12.5 Å². The predicted molar refractivity (Wildman–Crippen MR) is 99.4 cm³/mol. The van der Waals surface area contributed by atoms with Crippen molar-refractivity contribution in [1.29, 1.82) is 0 Å². The van der Waals surface area contributed by atoms with E-state index >= 15 is 0 Å². The Morgan fingerprint density at radius 3 is 2.65 bits per heavy atom. The molecule has 2 N–H and O–H groups in total. The number of rotatable bonds is 6. The lowest BCUT2D eigenvalue weighted by Gasteiger charge is -2.17. The van der Waals surface area contributed by atoms with Crippen LogP contribution in [0.1, 0.15) is 27.1 Å². The van der Waals surface area contributed by atoms with Gasteiger partial charge < -0.3 is 24.5 Å². The molecule has 1 unspecified atom stereocenters. The van der Waals surface area contributed by atoms with Gasteiger partial charge in [0.05, 0.1) is 31.7 Å². The van der Waals surface area contributed by atoms with E-state index in [-0.39, 0.29) is 17.9 Å². The summed E-state index contributed by atoms with van der Waals surface area (Å²) in [6.45, 7) is 0. The molecule has 7 nitrogen and oxygen atoms in total. The molecule has 1 aromatic carbocycles. The summed E-state index contributed by atoms with van der Waals surface area (Å²) >= 11 is 1.82. The largest absolute Gasteiger partial charge is 0.493 e. The number of carbonyl (C=O) groups excluding carboxylic acids is 2. The number of methoxy groups -OCH3 is 2. The van der Waals surface area contributed by atoms with Crippen LogP contribution in [0.2, 0.25) is 0 Å². The Morgan fingerprint density at radius 2 is 2.04 bits per heavy atom. The van der Waals surface area contributed by atoms with Crippen molar-refractivity contribution in [2.24, 2.45) is 0 Å². The van der Waals surface area contributed by atoms with Gasteiger partial charge in [-0.15, -0.1) is 0 Å². The molecule has 1 aromatic heterocycles. The zero-order valence-corrected chi connectivity index (χ0v) is 15.4. The second kappa shape index (κ2) is 8.18. The number of hydrogen-bond donors (Lipinski definition) is 2. The first-order valence-electron chi connectivity index (χ1n) is 8.10. The third kappa shape index (κ3) is 3.96. The smallest absolute Gasteiger partial charge is 0.259 e. The second-order valence-corrected chi connectivity index (χ2v) is 6.91. The molecule has 1 aliphatic rings. The minimum absolute atomic E-state index is 0.157. The molecule has 8 heteroatoms. The van der Waals surface area contributed by atoms with Crippen molar-refractivity contribution in [3.63, 3.8) is 0 Å². The van der Waals surface area contributed by atoms with E-state index in [2.05, 4.69) is 10.6 Å². The first kappa shape index (κ1) is 18.2. The summed E-state index contributed by atoms with van der Waals surface area (Å²) in [6, 6.07) is 4.89. The van der Waals surface area contributed by atoms with E-state index in [1.807, 2.05) is 11.8 Å². The Balaban J connectivity index is 1.88. The monoisotopic (exact) mass is 376 g/mol. The van der Waals surface area contributed by atoms with E-state index in [1.54, 1.807) is 18.2 Å². The van der Waals surface area contributed by atoms with Gasteiger partial charge in [0.15, 0.2) is 11.5 Å². The lowest BCUT2D eigenvalue weighted by atomic mass is 10.1. The molecule has 26 heavy (non-hydrogen) atoms. The first-order valence-corrected chi connectivity index (χ1v) is 9.26. The van der Waals surface area contributed by atoms with E-state index in [9.17, 15) is 9.59 Å². The summed E-state index contributed by atoms with van der Waals surface area (Å²) < 4.78 is 15.6. The van der Waals surface area contributed by atoms with Crippen molar-refractivity contribution < 1.29 is 23.5 Å². The van der Waals surface area contributed by atoms with E-state index in [0.29, 0.717) is 28.3 Å². The van der Waals surface area contributed by atoms with Crippen LogP contribution in [0.15, 0.2) is 35.1 Å². The summed E-state index contributed by atoms with van der Waals surface area (Å²) in [5.74, 6) is 2.08. The zero-order valence-electron chi connectivity index (χ0n) is 14.5. The third-order valence-corrected chi connectivity index (χ3v) is 5.20. The van der Waals surface area contributed by atoms with Gasteiger partial charge in [-0.25, -0.2) is 0 Å². The minimum atomic E-state index is -0.371. The lowest BCUT2D eigenvalue weighted by molar-refractivity contribution is 0.0939. The summed E-state index contributed by atoms with van der Waals surface area (Å²) in [6.07, 6.45) is 3.71. The molecule has 0 radical (unpaired) electrons. The van der Waals surface area contributed by atoms with E-state index in [1.165, 1.54) is 26.7 Å². The molecule has 2 amide bonds. The van der Waals surface area contributed by atoms with Crippen LogP contribution in [0.5, 0.6) is 11.5 Å². The van der Waals surface area contributed by atoms with Gasteiger partial charge in [-0.05, 0) is 30.4 Å². The number of carbonyl (C=O) groups is 2. The SMILES string of the molecule is COc1cc(C(=O)NC2CCSC2)cc(NC(=O)c2ccoc2)c1OC. The standard InChI is InChI=1S/C18H20N2O5S/c1-23-15-8-12(18(22)19-13-4-6-26-10-13)7-14(16(15)24-2)20-17(21)11-3-5-25-9-11/h3,5,7-9,13H,4,6,10H2,1-2H3,(H,19,22)(H,20,21). The van der Waals surface area contributed by atoms with Crippen LogP contribution >= 0.6 is 11.8 Å². The van der Waals surface area contributed by atoms with Crippen LogP contribution < -0.4 is 20.1 Å². The molecule has 0 spiro atoms. The molecule has 1 saturated heterocycles. The van der Waals surface area contributed by atoms with E-state index in [4.69, 9.17) is 13.9 Å². The summed E-state index contributed by atoms with van der Waals surface area (Å²) in [5, 5.41) is 5.75. The summed E-state index contributed by atoms with van der Waals surface area (Å²) in [4.78, 5) is 24.9. The highest BCUT2D eigenvalue weighted by molar-refractivity contribution is 7.99. The highest BCUT2D eigenvalue weighted by Gasteiger charge is 2.22. The van der Waals surface area contributed by atoms with Crippen molar-refractivity contribution in [3.05, 3.63) is 41.9 Å². The average Bonchev–Trinajstić information content (AvgIpc) is 3.34. The molecule has 0 bridgehead atoms. The molecule has 2 heterocycles. The lowest BCUT2D eigenvalue weighted by Crippen LogP contribution is -2.34. The van der Waals surface area contributed by atoms with Crippen molar-refractivity contribution in [3.8, 4) is 11.5 Å². The third-order valence-electron chi connectivity index (χ3n) is 4.04. The fraction of sp³-hybridized carbons (Fsp3) is 0.333. The molecule has 1 atom stereocenters. The highest BCUT2D eigenvalue weighted by atomic mass is 32.2. The number of thioether (sulfide) groups is 1. The van der Waals surface area contributed by atoms with Crippen LogP contribution in [0, 0.1) is 0 Å². The number of nitrogens with one attached hydrogen (secondary N) is 2. The molecular weight excluding hydrogens is 356 g/mol. The van der Waals surface area contributed by atoms with Gasteiger partial charge in [0.25, 0.3) is 11.8 Å². The van der Waals surface area contributed by atoms with E-state index in [0.717, 1.165) is 17.9 Å². The van der Waals surface area contributed by atoms with E-state index < -0.39 is 0 Å². The fourth-order valence-electron chi connectivity index (χ4n) is 2.69. The molecule has 1 fully saturated rings. The molecule has 2 aromatic rings. The fourth-order valence-corrected chi connectivity index (χ4v) is 3.85. The Morgan fingerprint density at radius 1 is 1.19 bits per heavy atom. The van der Waals surface area contributed by atoms with Crippen LogP contribution in [0.3, 0.4) is 0 Å². The normalized spacial score (nSPS) is 16.2. The van der Waals surface area contributed by atoms with Crippen molar-refractivity contribution in [2.75, 3.05) is 31.0 Å². The topological polar surface area (TPSA) is 89.8 Å². The molecule has 3 rings (SSSR count). The van der Waals surface area contributed by atoms with Gasteiger partial charge in [0.2, 0.25) is 0 Å². The Kier molecular flexibility index (Phi) is 5.72.